The SMILES string of the molecule is CC(C)(C)OC(=O)N1CCC/C(=C\c2ncn3c2CCc2ccncc2-3)C1=O.O=Cc1ncn2c1CCc1ccncc1-2. The first-order valence-electron chi connectivity index (χ1n) is 14.4. The first-order valence-corrected chi connectivity index (χ1v) is 14.4. The van der Waals surface area contributed by atoms with Crippen LogP contribution in [0, 0.1) is 0 Å². The number of hydrogen-bond acceptors (Lipinski definition) is 8. The normalized spacial score (nSPS) is 16.3. The van der Waals surface area contributed by atoms with Crippen LogP contribution in [0.3, 0.4) is 0 Å². The molecule has 0 aliphatic carbocycles. The van der Waals surface area contributed by atoms with Gasteiger partial charge in [0.15, 0.2) is 6.29 Å². The smallest absolute Gasteiger partial charge is 0.417 e. The number of aromatic nitrogens is 6. The van der Waals surface area contributed by atoms with E-state index in [2.05, 4.69) is 19.9 Å². The highest BCUT2D eigenvalue weighted by atomic mass is 16.6. The Morgan fingerprint density at radius 3 is 2.02 bits per heavy atom. The maximum atomic E-state index is 12.9. The Morgan fingerprint density at radius 1 is 0.860 bits per heavy atom. The molecule has 4 aromatic heterocycles. The van der Waals surface area contributed by atoms with Gasteiger partial charge < -0.3 is 13.9 Å². The molecule has 4 aromatic rings. The van der Waals surface area contributed by atoms with Crippen molar-refractivity contribution in [2.45, 2.75) is 64.9 Å². The largest absolute Gasteiger partial charge is 0.443 e. The van der Waals surface area contributed by atoms with Crippen LogP contribution in [0.25, 0.3) is 17.5 Å². The van der Waals surface area contributed by atoms with E-state index in [1.807, 2.05) is 39.7 Å². The van der Waals surface area contributed by atoms with Gasteiger partial charge in [0.2, 0.25) is 0 Å². The number of rotatable bonds is 2. The molecule has 7 rings (SSSR count). The van der Waals surface area contributed by atoms with E-state index < -0.39 is 11.7 Å². The molecule has 0 radical (unpaired) electrons. The van der Waals surface area contributed by atoms with E-state index in [-0.39, 0.29) is 5.91 Å². The molecule has 0 atom stereocenters. The zero-order valence-corrected chi connectivity index (χ0v) is 24.5. The highest BCUT2D eigenvalue weighted by molar-refractivity contribution is 6.05. The molecule has 2 amide bonds. The third-order valence-corrected chi connectivity index (χ3v) is 7.74. The minimum absolute atomic E-state index is 0.292. The van der Waals surface area contributed by atoms with Gasteiger partial charge in [-0.1, -0.05) is 0 Å². The molecule has 0 bridgehead atoms. The summed E-state index contributed by atoms with van der Waals surface area (Å²) in [6.07, 6.45) is 17.7. The van der Waals surface area contributed by atoms with Gasteiger partial charge in [0.1, 0.15) is 23.9 Å². The fraction of sp³-hybridized carbons (Fsp3) is 0.344. The van der Waals surface area contributed by atoms with Crippen LogP contribution in [0.1, 0.15) is 72.3 Å². The highest BCUT2D eigenvalue weighted by Crippen LogP contribution is 2.29. The maximum absolute atomic E-state index is 12.9. The number of hydrogen-bond donors (Lipinski definition) is 0. The number of piperidine rings is 1. The molecule has 7 heterocycles. The molecule has 0 unspecified atom stereocenters. The number of fused-ring (bicyclic) bond motifs is 6. The number of aldehydes is 1. The van der Waals surface area contributed by atoms with Crippen molar-refractivity contribution >= 4 is 24.4 Å². The van der Waals surface area contributed by atoms with Crippen molar-refractivity contribution < 1.29 is 19.1 Å². The second kappa shape index (κ2) is 11.4. The number of likely N-dealkylation sites (tertiary alicyclic amines) is 1. The Bertz CT molecular complexity index is 1740. The van der Waals surface area contributed by atoms with E-state index in [0.29, 0.717) is 24.2 Å². The first-order chi connectivity index (χ1) is 20.7. The molecule has 0 spiro atoms. The van der Waals surface area contributed by atoms with Crippen molar-refractivity contribution in [1.82, 2.24) is 34.0 Å². The van der Waals surface area contributed by atoms with E-state index in [1.165, 1.54) is 16.0 Å². The van der Waals surface area contributed by atoms with Crippen LogP contribution in [0.4, 0.5) is 4.79 Å². The number of imidazole rings is 2. The quantitative estimate of drug-likeness (QED) is 0.251. The third kappa shape index (κ3) is 5.62. The highest BCUT2D eigenvalue weighted by Gasteiger charge is 2.32. The molecule has 220 valence electrons. The van der Waals surface area contributed by atoms with Gasteiger partial charge in [-0.25, -0.2) is 19.7 Å². The predicted molar refractivity (Wildman–Crippen MR) is 158 cm³/mol. The zero-order valence-electron chi connectivity index (χ0n) is 24.5. The summed E-state index contributed by atoms with van der Waals surface area (Å²) in [7, 11) is 0. The van der Waals surface area contributed by atoms with Gasteiger partial charge in [-0.05, 0) is 88.6 Å². The Hall–Kier alpha value is -4.93. The molecule has 1 saturated heterocycles. The zero-order chi connectivity index (χ0) is 30.1. The van der Waals surface area contributed by atoms with Crippen molar-refractivity contribution in [2.24, 2.45) is 0 Å². The summed E-state index contributed by atoms with van der Waals surface area (Å²) in [5.74, 6) is -0.292. The Balaban J connectivity index is 0.000000183. The van der Waals surface area contributed by atoms with Crippen molar-refractivity contribution in [3.8, 4) is 11.4 Å². The van der Waals surface area contributed by atoms with E-state index in [1.54, 1.807) is 45.8 Å². The molecule has 3 aliphatic rings. The molecule has 1 fully saturated rings. The van der Waals surface area contributed by atoms with Crippen molar-refractivity contribution in [1.29, 1.82) is 0 Å². The monoisotopic (exact) mass is 579 g/mol. The predicted octanol–water partition coefficient (Wildman–Crippen LogP) is 4.49. The van der Waals surface area contributed by atoms with Crippen LogP contribution < -0.4 is 0 Å². The number of carbonyl (C=O) groups excluding carboxylic acids is 3. The average molecular weight is 580 g/mol. The van der Waals surface area contributed by atoms with E-state index in [0.717, 1.165) is 66.8 Å². The molecule has 43 heavy (non-hydrogen) atoms. The Morgan fingerprint density at radius 2 is 1.44 bits per heavy atom. The van der Waals surface area contributed by atoms with Gasteiger partial charge in [-0.2, -0.15) is 0 Å². The molecule has 0 aromatic carbocycles. The number of amides is 2. The summed E-state index contributed by atoms with van der Waals surface area (Å²) in [6.45, 7) is 5.76. The fourth-order valence-electron chi connectivity index (χ4n) is 5.70. The van der Waals surface area contributed by atoms with Crippen LogP contribution in [-0.2, 0) is 35.2 Å². The lowest BCUT2D eigenvalue weighted by molar-refractivity contribution is -0.127. The van der Waals surface area contributed by atoms with Crippen LogP contribution in [0.15, 0.2) is 55.1 Å². The van der Waals surface area contributed by atoms with Gasteiger partial charge >= 0.3 is 6.09 Å². The number of pyridine rings is 2. The standard InChI is InChI=1S/C21H24N4O3.C11H9N3O/c1-21(2,3)28-20(27)24-10-4-5-15(19(24)26)11-16-17-7-6-14-8-9-22-12-18(14)25(17)13-23-16;15-6-9-10-2-1-8-3-4-12-5-11(8)14(10)7-13-9/h8-9,11-13H,4-7,10H2,1-3H3;3-7H,1-2H2/b15-11+;. The number of nitrogens with zero attached hydrogens (tertiary/aromatic N) is 7. The summed E-state index contributed by atoms with van der Waals surface area (Å²) in [5, 5.41) is 0. The second-order valence-electron chi connectivity index (χ2n) is 11.7. The summed E-state index contributed by atoms with van der Waals surface area (Å²) in [6, 6.07) is 4.04. The summed E-state index contributed by atoms with van der Waals surface area (Å²) < 4.78 is 9.37. The molecule has 11 nitrogen and oxygen atoms in total. The molecule has 3 aliphatic heterocycles. The van der Waals surface area contributed by atoms with Gasteiger partial charge in [-0.15, -0.1) is 0 Å². The fourth-order valence-corrected chi connectivity index (χ4v) is 5.70. The van der Waals surface area contributed by atoms with E-state index in [9.17, 15) is 14.4 Å². The Kier molecular flexibility index (Phi) is 7.47. The van der Waals surface area contributed by atoms with Gasteiger partial charge in [0, 0.05) is 24.5 Å². The number of carbonyl (C=O) groups is 3. The van der Waals surface area contributed by atoms with Crippen molar-refractivity contribution in [2.75, 3.05) is 6.54 Å². The van der Waals surface area contributed by atoms with Crippen LogP contribution in [0.5, 0.6) is 0 Å². The summed E-state index contributed by atoms with van der Waals surface area (Å²) in [5.41, 5.74) is 7.91. The lowest BCUT2D eigenvalue weighted by atomic mass is 9.99. The summed E-state index contributed by atoms with van der Waals surface area (Å²) in [4.78, 5) is 54.1. The van der Waals surface area contributed by atoms with E-state index in [4.69, 9.17) is 4.74 Å². The van der Waals surface area contributed by atoms with E-state index >= 15 is 0 Å². The second-order valence-corrected chi connectivity index (χ2v) is 11.7. The van der Waals surface area contributed by atoms with Gasteiger partial charge in [0.05, 0.1) is 40.9 Å². The van der Waals surface area contributed by atoms with Crippen molar-refractivity contribution in [3.05, 3.63) is 89.1 Å². The minimum atomic E-state index is -0.636. The molecular weight excluding hydrogens is 546 g/mol. The lowest BCUT2D eigenvalue weighted by Crippen LogP contribution is -2.44. The number of aryl methyl sites for hydroxylation is 2. The number of imide groups is 1. The van der Waals surface area contributed by atoms with Gasteiger partial charge in [0.25, 0.3) is 5.91 Å². The average Bonchev–Trinajstić information content (AvgIpc) is 3.62. The lowest BCUT2D eigenvalue weighted by Gasteiger charge is -2.29. The van der Waals surface area contributed by atoms with Crippen LogP contribution in [0.2, 0.25) is 0 Å². The Labute approximate surface area is 249 Å². The van der Waals surface area contributed by atoms with Gasteiger partial charge in [-0.3, -0.25) is 19.6 Å². The number of ether oxygens (including phenoxy) is 1. The first kappa shape index (κ1) is 28.2. The third-order valence-electron chi connectivity index (χ3n) is 7.74. The van der Waals surface area contributed by atoms with Crippen LogP contribution in [-0.4, -0.2) is 64.4 Å². The topological polar surface area (TPSA) is 125 Å². The summed E-state index contributed by atoms with van der Waals surface area (Å²) >= 11 is 0. The maximum Gasteiger partial charge on any atom is 0.417 e. The molecule has 0 N–H and O–H groups in total. The molecule has 11 heteroatoms. The molecule has 0 saturated carbocycles. The van der Waals surface area contributed by atoms with Crippen molar-refractivity contribution in [3.63, 3.8) is 0 Å². The minimum Gasteiger partial charge on any atom is -0.443 e. The van der Waals surface area contributed by atoms with Crippen LogP contribution >= 0.6 is 0 Å². The molecular formula is C32H33N7O4.